The highest BCUT2D eigenvalue weighted by molar-refractivity contribution is 7.09. The maximum Gasteiger partial charge on any atom is 0.254 e. The SMILES string of the molecule is COc1ccc(-c2csc(CN3CCN(C(=O)c4cccc5ccccc45)CC3)n2)cc1.Cl. The molecule has 1 aliphatic heterocycles. The van der Waals surface area contributed by atoms with Crippen LogP contribution in [0.1, 0.15) is 15.4 Å². The number of piperazine rings is 1. The number of amides is 1. The molecule has 0 spiro atoms. The van der Waals surface area contributed by atoms with Crippen molar-refractivity contribution in [3.8, 4) is 17.0 Å². The smallest absolute Gasteiger partial charge is 0.254 e. The first kappa shape index (κ1) is 23.2. The number of ether oxygens (including phenoxy) is 1. The minimum atomic E-state index is 0. The molecule has 1 amide bonds. The summed E-state index contributed by atoms with van der Waals surface area (Å²) >= 11 is 1.69. The summed E-state index contributed by atoms with van der Waals surface area (Å²) in [7, 11) is 1.67. The lowest BCUT2D eigenvalue weighted by Crippen LogP contribution is -2.48. The number of hydrogen-bond donors (Lipinski definition) is 0. The Bertz CT molecular complexity index is 1230. The second kappa shape index (κ2) is 10.3. The van der Waals surface area contributed by atoms with E-state index in [1.165, 1.54) is 0 Å². The fourth-order valence-corrected chi connectivity index (χ4v) is 5.01. The minimum absolute atomic E-state index is 0. The Morgan fingerprint density at radius 3 is 2.45 bits per heavy atom. The summed E-state index contributed by atoms with van der Waals surface area (Å²) in [5, 5.41) is 5.34. The molecule has 0 saturated carbocycles. The fraction of sp³-hybridized carbons (Fsp3) is 0.231. The molecule has 0 unspecified atom stereocenters. The molecule has 2 heterocycles. The average Bonchev–Trinajstić information content (AvgIpc) is 3.32. The molecule has 3 aromatic carbocycles. The molecule has 5 nitrogen and oxygen atoms in total. The summed E-state index contributed by atoms with van der Waals surface area (Å²) in [5.74, 6) is 0.970. The van der Waals surface area contributed by atoms with Crippen LogP contribution in [0.25, 0.3) is 22.0 Å². The van der Waals surface area contributed by atoms with Crippen molar-refractivity contribution in [3.05, 3.63) is 82.7 Å². The van der Waals surface area contributed by atoms with Crippen molar-refractivity contribution < 1.29 is 9.53 Å². The average molecular weight is 480 g/mol. The van der Waals surface area contributed by atoms with E-state index in [-0.39, 0.29) is 18.3 Å². The maximum absolute atomic E-state index is 13.2. The summed E-state index contributed by atoms with van der Waals surface area (Å²) in [6.07, 6.45) is 0. The molecule has 1 aromatic heterocycles. The van der Waals surface area contributed by atoms with Crippen LogP contribution < -0.4 is 4.74 Å². The monoisotopic (exact) mass is 479 g/mol. The van der Waals surface area contributed by atoms with Gasteiger partial charge in [-0.1, -0.05) is 36.4 Å². The van der Waals surface area contributed by atoms with Gasteiger partial charge in [-0.25, -0.2) is 4.98 Å². The third-order valence-electron chi connectivity index (χ3n) is 5.98. The Hall–Kier alpha value is -2.93. The zero-order valence-electron chi connectivity index (χ0n) is 18.4. The summed E-state index contributed by atoms with van der Waals surface area (Å²) in [6, 6.07) is 22.0. The van der Waals surface area contributed by atoms with Gasteiger partial charge >= 0.3 is 0 Å². The number of carbonyl (C=O) groups excluding carboxylic acids is 1. The Labute approximate surface area is 204 Å². The van der Waals surface area contributed by atoms with Crippen molar-refractivity contribution in [2.24, 2.45) is 0 Å². The van der Waals surface area contributed by atoms with E-state index in [4.69, 9.17) is 9.72 Å². The molecule has 5 rings (SSSR count). The highest BCUT2D eigenvalue weighted by atomic mass is 35.5. The van der Waals surface area contributed by atoms with Crippen LogP contribution >= 0.6 is 23.7 Å². The zero-order valence-corrected chi connectivity index (χ0v) is 20.1. The van der Waals surface area contributed by atoms with Crippen molar-refractivity contribution in [2.75, 3.05) is 33.3 Å². The lowest BCUT2D eigenvalue weighted by atomic mass is 10.0. The number of hydrogen-bond acceptors (Lipinski definition) is 5. The molecule has 1 fully saturated rings. The third kappa shape index (κ3) is 5.03. The van der Waals surface area contributed by atoms with Gasteiger partial charge in [0.2, 0.25) is 0 Å². The number of thiazole rings is 1. The normalized spacial score (nSPS) is 14.2. The standard InChI is InChI=1S/C26H25N3O2S.ClH/c1-31-21-11-9-20(10-12-21)24-18-32-25(27-24)17-28-13-15-29(16-14-28)26(30)23-8-4-6-19-5-2-3-7-22(19)23;/h2-12,18H,13-17H2,1H3;1H. The molecule has 0 N–H and O–H groups in total. The first-order valence-electron chi connectivity index (χ1n) is 10.8. The number of nitrogens with zero attached hydrogens (tertiary/aromatic N) is 3. The van der Waals surface area contributed by atoms with E-state index in [1.54, 1.807) is 18.4 Å². The minimum Gasteiger partial charge on any atom is -0.497 e. The molecule has 1 aliphatic rings. The fourth-order valence-electron chi connectivity index (χ4n) is 4.16. The molecule has 33 heavy (non-hydrogen) atoms. The van der Waals surface area contributed by atoms with Crippen LogP contribution in [0.2, 0.25) is 0 Å². The lowest BCUT2D eigenvalue weighted by molar-refractivity contribution is 0.0630. The third-order valence-corrected chi connectivity index (χ3v) is 6.81. The number of methoxy groups -OCH3 is 1. The molecule has 0 aliphatic carbocycles. The van der Waals surface area contributed by atoms with Crippen LogP contribution in [0.3, 0.4) is 0 Å². The van der Waals surface area contributed by atoms with E-state index < -0.39 is 0 Å². The number of rotatable bonds is 5. The van der Waals surface area contributed by atoms with Gasteiger partial charge in [0.15, 0.2) is 0 Å². The molecule has 0 atom stereocenters. The van der Waals surface area contributed by atoms with E-state index >= 15 is 0 Å². The topological polar surface area (TPSA) is 45.7 Å². The predicted molar refractivity (Wildman–Crippen MR) is 136 cm³/mol. The Morgan fingerprint density at radius 2 is 1.70 bits per heavy atom. The molecule has 0 radical (unpaired) electrons. The van der Waals surface area contributed by atoms with Crippen molar-refractivity contribution in [2.45, 2.75) is 6.54 Å². The maximum atomic E-state index is 13.2. The van der Waals surface area contributed by atoms with Crippen LogP contribution in [-0.2, 0) is 6.54 Å². The van der Waals surface area contributed by atoms with Gasteiger partial charge in [-0.2, -0.15) is 0 Å². The van der Waals surface area contributed by atoms with E-state index in [1.807, 2.05) is 59.5 Å². The van der Waals surface area contributed by atoms with Gasteiger partial charge in [0.1, 0.15) is 10.8 Å². The molecule has 4 aromatic rings. The molecule has 1 saturated heterocycles. The van der Waals surface area contributed by atoms with Crippen LogP contribution in [-0.4, -0.2) is 54.0 Å². The molecular formula is C26H26ClN3O2S. The number of halogens is 1. The largest absolute Gasteiger partial charge is 0.497 e. The first-order chi connectivity index (χ1) is 15.7. The molecule has 7 heteroatoms. The van der Waals surface area contributed by atoms with Crippen LogP contribution in [0, 0.1) is 0 Å². The van der Waals surface area contributed by atoms with Crippen molar-refractivity contribution in [1.29, 1.82) is 0 Å². The van der Waals surface area contributed by atoms with E-state index in [0.29, 0.717) is 0 Å². The molecular weight excluding hydrogens is 454 g/mol. The Morgan fingerprint density at radius 1 is 0.970 bits per heavy atom. The molecule has 170 valence electrons. The predicted octanol–water partition coefficient (Wildman–Crippen LogP) is 5.35. The van der Waals surface area contributed by atoms with Crippen LogP contribution in [0.5, 0.6) is 5.75 Å². The van der Waals surface area contributed by atoms with Gasteiger partial charge in [-0.05, 0) is 41.1 Å². The zero-order chi connectivity index (χ0) is 21.9. The number of aromatic nitrogens is 1. The van der Waals surface area contributed by atoms with Crippen molar-refractivity contribution >= 4 is 40.4 Å². The van der Waals surface area contributed by atoms with E-state index in [2.05, 4.69) is 22.4 Å². The van der Waals surface area contributed by atoms with Gasteiger partial charge in [0.25, 0.3) is 5.91 Å². The van der Waals surface area contributed by atoms with Crippen molar-refractivity contribution in [1.82, 2.24) is 14.8 Å². The summed E-state index contributed by atoms with van der Waals surface area (Å²) in [5.41, 5.74) is 2.89. The van der Waals surface area contributed by atoms with E-state index in [0.717, 1.165) is 71.1 Å². The van der Waals surface area contributed by atoms with Gasteiger partial charge < -0.3 is 9.64 Å². The second-order valence-electron chi connectivity index (χ2n) is 7.95. The highest BCUT2D eigenvalue weighted by Crippen LogP contribution is 2.25. The Balaban J connectivity index is 0.00000259. The number of benzene rings is 3. The molecule has 0 bridgehead atoms. The van der Waals surface area contributed by atoms with Gasteiger partial charge in [-0.15, -0.1) is 23.7 Å². The Kier molecular flexibility index (Phi) is 7.28. The number of carbonyl (C=O) groups is 1. The van der Waals surface area contributed by atoms with Crippen LogP contribution in [0.4, 0.5) is 0 Å². The van der Waals surface area contributed by atoms with Crippen LogP contribution in [0.15, 0.2) is 72.1 Å². The van der Waals surface area contributed by atoms with Gasteiger partial charge in [0.05, 0.1) is 19.3 Å². The summed E-state index contributed by atoms with van der Waals surface area (Å²) in [4.78, 5) is 22.3. The second-order valence-corrected chi connectivity index (χ2v) is 8.89. The highest BCUT2D eigenvalue weighted by Gasteiger charge is 2.23. The summed E-state index contributed by atoms with van der Waals surface area (Å²) in [6.45, 7) is 4.00. The summed E-state index contributed by atoms with van der Waals surface area (Å²) < 4.78 is 5.23. The first-order valence-corrected chi connectivity index (χ1v) is 11.7. The van der Waals surface area contributed by atoms with E-state index in [9.17, 15) is 4.79 Å². The van der Waals surface area contributed by atoms with Gasteiger partial charge in [0, 0.05) is 42.7 Å². The van der Waals surface area contributed by atoms with Crippen molar-refractivity contribution in [3.63, 3.8) is 0 Å². The number of fused-ring (bicyclic) bond motifs is 1. The lowest BCUT2D eigenvalue weighted by Gasteiger charge is -2.34. The van der Waals surface area contributed by atoms with Gasteiger partial charge in [-0.3, -0.25) is 9.69 Å². The quantitative estimate of drug-likeness (QED) is 0.387.